The zero-order valence-electron chi connectivity index (χ0n) is 9.25. The lowest BCUT2D eigenvalue weighted by molar-refractivity contribution is 0.569. The van der Waals surface area contributed by atoms with Crippen LogP contribution in [0.2, 0.25) is 0 Å². The van der Waals surface area contributed by atoms with E-state index in [1.807, 2.05) is 0 Å². The molecule has 0 aromatic heterocycles. The lowest BCUT2D eigenvalue weighted by atomic mass is 10.1. The molecule has 0 radical (unpaired) electrons. The van der Waals surface area contributed by atoms with Crippen LogP contribution in [0.3, 0.4) is 0 Å². The van der Waals surface area contributed by atoms with E-state index in [1.54, 1.807) is 0 Å². The zero-order valence-corrected chi connectivity index (χ0v) is 10.8. The van der Waals surface area contributed by atoms with Gasteiger partial charge in [-0.3, -0.25) is 0 Å². The Morgan fingerprint density at radius 3 is 2.87 bits per heavy atom. The minimum Gasteiger partial charge on any atom is -0.371 e. The van der Waals surface area contributed by atoms with E-state index in [2.05, 4.69) is 52.0 Å². The zero-order chi connectivity index (χ0) is 10.7. The number of hydrogen-bond acceptors (Lipinski definition) is 1. The van der Waals surface area contributed by atoms with Crippen molar-refractivity contribution < 1.29 is 0 Å². The van der Waals surface area contributed by atoms with Crippen molar-refractivity contribution in [3.63, 3.8) is 0 Å². The van der Waals surface area contributed by atoms with Crippen molar-refractivity contribution in [2.75, 3.05) is 18.0 Å². The molecule has 1 aromatic rings. The van der Waals surface area contributed by atoms with Gasteiger partial charge in [0, 0.05) is 24.1 Å². The highest BCUT2D eigenvalue weighted by Crippen LogP contribution is 2.29. The topological polar surface area (TPSA) is 3.24 Å². The molecule has 1 nitrogen and oxygen atoms in total. The molecule has 1 fully saturated rings. The summed E-state index contributed by atoms with van der Waals surface area (Å²) in [5.41, 5.74) is 2.83. The second-order valence-electron chi connectivity index (χ2n) is 4.27. The van der Waals surface area contributed by atoms with Crippen molar-refractivity contribution in [2.45, 2.75) is 25.1 Å². The van der Waals surface area contributed by atoms with E-state index in [0.717, 1.165) is 11.2 Å². The second-order valence-corrected chi connectivity index (χ2v) is 4.83. The van der Waals surface area contributed by atoms with Crippen LogP contribution in [0, 0.1) is 5.92 Å². The van der Waals surface area contributed by atoms with E-state index in [1.165, 1.54) is 37.2 Å². The fraction of sp³-hybridized carbons (Fsp3) is 0.538. The molecule has 1 aliphatic heterocycles. The maximum atomic E-state index is 3.56. The second kappa shape index (κ2) is 5.02. The molecular weight excluding hydrogens is 250 g/mol. The average molecular weight is 268 g/mol. The molecule has 1 unspecified atom stereocenters. The summed E-state index contributed by atoms with van der Waals surface area (Å²) in [6, 6.07) is 8.71. The van der Waals surface area contributed by atoms with Gasteiger partial charge in [0.05, 0.1) is 0 Å². The van der Waals surface area contributed by atoms with Gasteiger partial charge in [0.2, 0.25) is 0 Å². The Morgan fingerprint density at radius 1 is 1.40 bits per heavy atom. The molecule has 1 atom stereocenters. The first-order valence-corrected chi connectivity index (χ1v) is 6.86. The van der Waals surface area contributed by atoms with Crippen LogP contribution in [-0.2, 0) is 5.33 Å². The molecule has 1 aliphatic rings. The maximum Gasteiger partial charge on any atom is 0.0407 e. The van der Waals surface area contributed by atoms with E-state index in [4.69, 9.17) is 0 Å². The van der Waals surface area contributed by atoms with Crippen molar-refractivity contribution in [1.29, 1.82) is 0 Å². The molecule has 1 heterocycles. The third kappa shape index (κ3) is 2.36. The summed E-state index contributed by atoms with van der Waals surface area (Å²) in [6.45, 7) is 4.76. The van der Waals surface area contributed by atoms with Gasteiger partial charge >= 0.3 is 0 Å². The predicted octanol–water partition coefficient (Wildman–Crippen LogP) is 3.82. The first-order valence-electron chi connectivity index (χ1n) is 5.74. The number of anilines is 1. The quantitative estimate of drug-likeness (QED) is 0.753. The normalized spacial score (nSPS) is 20.9. The molecule has 0 bridgehead atoms. The van der Waals surface area contributed by atoms with Crippen LogP contribution in [0.5, 0.6) is 0 Å². The van der Waals surface area contributed by atoms with Crippen molar-refractivity contribution in [2.24, 2.45) is 5.92 Å². The van der Waals surface area contributed by atoms with Crippen molar-refractivity contribution in [3.05, 3.63) is 29.8 Å². The van der Waals surface area contributed by atoms with Crippen LogP contribution in [0.4, 0.5) is 5.69 Å². The number of nitrogens with zero attached hydrogens (tertiary/aromatic N) is 1. The number of rotatable bonds is 3. The summed E-state index contributed by atoms with van der Waals surface area (Å²) in [5, 5.41) is 0.955. The number of alkyl halides is 1. The monoisotopic (exact) mass is 267 g/mol. The minimum atomic E-state index is 0.897. The molecule has 0 spiro atoms. The Kier molecular flexibility index (Phi) is 3.68. The number of para-hydroxylation sites is 1. The molecule has 1 saturated heterocycles. The Labute approximate surface area is 101 Å². The van der Waals surface area contributed by atoms with Crippen LogP contribution < -0.4 is 4.90 Å². The highest BCUT2D eigenvalue weighted by molar-refractivity contribution is 9.08. The molecule has 15 heavy (non-hydrogen) atoms. The summed E-state index contributed by atoms with van der Waals surface area (Å²) in [4.78, 5) is 2.53. The predicted molar refractivity (Wildman–Crippen MR) is 69.7 cm³/mol. The fourth-order valence-electron chi connectivity index (χ4n) is 2.32. The van der Waals surface area contributed by atoms with Crippen LogP contribution in [0.1, 0.15) is 25.3 Å². The smallest absolute Gasteiger partial charge is 0.0407 e. The van der Waals surface area contributed by atoms with Gasteiger partial charge in [-0.25, -0.2) is 0 Å². The Morgan fingerprint density at radius 2 is 2.20 bits per heavy atom. The van der Waals surface area contributed by atoms with Gasteiger partial charge in [-0.1, -0.05) is 47.5 Å². The summed E-state index contributed by atoms with van der Waals surface area (Å²) < 4.78 is 0. The van der Waals surface area contributed by atoms with Crippen molar-refractivity contribution in [1.82, 2.24) is 0 Å². The van der Waals surface area contributed by atoms with Gasteiger partial charge in [-0.2, -0.15) is 0 Å². The summed E-state index contributed by atoms with van der Waals surface area (Å²) in [6.07, 6.45) is 2.67. The Hall–Kier alpha value is -0.500. The van der Waals surface area contributed by atoms with Crippen molar-refractivity contribution in [3.8, 4) is 0 Å². The van der Waals surface area contributed by atoms with Gasteiger partial charge in [-0.15, -0.1) is 0 Å². The van der Waals surface area contributed by atoms with Gasteiger partial charge in [0.1, 0.15) is 0 Å². The van der Waals surface area contributed by atoms with E-state index in [0.29, 0.717) is 0 Å². The van der Waals surface area contributed by atoms with E-state index in [9.17, 15) is 0 Å². The van der Waals surface area contributed by atoms with E-state index >= 15 is 0 Å². The molecule has 2 heteroatoms. The highest BCUT2D eigenvalue weighted by atomic mass is 79.9. The highest BCUT2D eigenvalue weighted by Gasteiger charge is 2.22. The molecule has 0 N–H and O–H groups in total. The third-order valence-electron chi connectivity index (χ3n) is 3.34. The maximum absolute atomic E-state index is 3.56. The molecule has 2 rings (SSSR count). The van der Waals surface area contributed by atoms with Gasteiger partial charge in [0.15, 0.2) is 0 Å². The molecular formula is C13H18BrN. The first kappa shape index (κ1) is 11.0. The largest absolute Gasteiger partial charge is 0.371 e. The van der Waals surface area contributed by atoms with Crippen LogP contribution in [-0.4, -0.2) is 13.1 Å². The molecule has 1 aromatic carbocycles. The summed E-state index contributed by atoms with van der Waals surface area (Å²) >= 11 is 3.56. The number of benzene rings is 1. The van der Waals surface area contributed by atoms with Crippen molar-refractivity contribution >= 4 is 21.6 Å². The van der Waals surface area contributed by atoms with Crippen LogP contribution in [0.15, 0.2) is 24.3 Å². The van der Waals surface area contributed by atoms with Gasteiger partial charge < -0.3 is 4.90 Å². The fourth-order valence-corrected chi connectivity index (χ4v) is 2.79. The Balaban J connectivity index is 2.16. The summed E-state index contributed by atoms with van der Waals surface area (Å²) in [7, 11) is 0. The summed E-state index contributed by atoms with van der Waals surface area (Å²) in [5.74, 6) is 0.897. The molecule has 0 saturated carbocycles. The first-order chi connectivity index (χ1) is 7.35. The SMILES string of the molecule is CCC1CCN(c2ccccc2CBr)C1. The number of hydrogen-bond donors (Lipinski definition) is 0. The number of halogens is 1. The van der Waals surface area contributed by atoms with Crippen LogP contribution in [0.25, 0.3) is 0 Å². The van der Waals surface area contributed by atoms with Gasteiger partial charge in [-0.05, 0) is 24.0 Å². The third-order valence-corrected chi connectivity index (χ3v) is 3.94. The standard InChI is InChI=1S/C13H18BrN/c1-2-11-7-8-15(10-11)13-6-4-3-5-12(13)9-14/h3-6,11H,2,7-10H2,1H3. The molecule has 82 valence electrons. The molecule has 0 amide bonds. The molecule has 0 aliphatic carbocycles. The lowest BCUT2D eigenvalue weighted by Crippen LogP contribution is -2.20. The van der Waals surface area contributed by atoms with Crippen LogP contribution >= 0.6 is 15.9 Å². The van der Waals surface area contributed by atoms with E-state index < -0.39 is 0 Å². The average Bonchev–Trinajstić information content (AvgIpc) is 2.77. The van der Waals surface area contributed by atoms with E-state index in [-0.39, 0.29) is 0 Å². The Bertz CT molecular complexity index is 324. The lowest BCUT2D eigenvalue weighted by Gasteiger charge is -2.21. The minimum absolute atomic E-state index is 0.897. The van der Waals surface area contributed by atoms with Gasteiger partial charge in [0.25, 0.3) is 0 Å².